The van der Waals surface area contributed by atoms with Crippen molar-refractivity contribution >= 4 is 29.3 Å². The number of carbonyl (C=O) groups is 2. The highest BCUT2D eigenvalue weighted by Crippen LogP contribution is 2.28. The molecule has 0 radical (unpaired) electrons. The first-order chi connectivity index (χ1) is 10.6. The SMILES string of the molecule is CSc1ccccc1NC(=O)CN(C)C(=O)CC1CCCC1. The third-order valence-electron chi connectivity index (χ3n) is 4.13. The lowest BCUT2D eigenvalue weighted by Gasteiger charge is -2.19. The van der Waals surface area contributed by atoms with Crippen LogP contribution in [0.15, 0.2) is 29.2 Å². The van der Waals surface area contributed by atoms with Gasteiger partial charge < -0.3 is 10.2 Å². The molecule has 1 aliphatic carbocycles. The molecule has 1 fully saturated rings. The summed E-state index contributed by atoms with van der Waals surface area (Å²) in [6.45, 7) is 0.105. The van der Waals surface area contributed by atoms with Crippen LogP contribution in [0.25, 0.3) is 0 Å². The lowest BCUT2D eigenvalue weighted by Crippen LogP contribution is -2.35. The summed E-state index contributed by atoms with van der Waals surface area (Å²) in [4.78, 5) is 26.8. The van der Waals surface area contributed by atoms with Gasteiger partial charge in [-0.25, -0.2) is 0 Å². The Labute approximate surface area is 136 Å². The number of para-hydroxylation sites is 1. The van der Waals surface area contributed by atoms with Crippen molar-refractivity contribution in [2.24, 2.45) is 5.92 Å². The van der Waals surface area contributed by atoms with Crippen molar-refractivity contribution in [1.29, 1.82) is 0 Å². The van der Waals surface area contributed by atoms with E-state index in [4.69, 9.17) is 0 Å². The number of rotatable bonds is 6. The average molecular weight is 320 g/mol. The van der Waals surface area contributed by atoms with Crippen molar-refractivity contribution in [3.8, 4) is 0 Å². The molecule has 0 aliphatic heterocycles. The molecule has 0 bridgehead atoms. The fourth-order valence-corrected chi connectivity index (χ4v) is 3.41. The fraction of sp³-hybridized carbons (Fsp3) is 0.529. The van der Waals surface area contributed by atoms with E-state index in [9.17, 15) is 9.59 Å². The molecule has 1 aromatic rings. The van der Waals surface area contributed by atoms with E-state index in [1.807, 2.05) is 30.5 Å². The molecule has 0 heterocycles. The summed E-state index contributed by atoms with van der Waals surface area (Å²) in [6.07, 6.45) is 7.30. The molecular weight excluding hydrogens is 296 g/mol. The molecule has 2 rings (SSSR count). The van der Waals surface area contributed by atoms with E-state index >= 15 is 0 Å². The summed E-state index contributed by atoms with van der Waals surface area (Å²) in [7, 11) is 1.71. The lowest BCUT2D eigenvalue weighted by atomic mass is 10.0. The second-order valence-electron chi connectivity index (χ2n) is 5.85. The van der Waals surface area contributed by atoms with E-state index in [-0.39, 0.29) is 18.4 Å². The van der Waals surface area contributed by atoms with Crippen LogP contribution in [0.4, 0.5) is 5.69 Å². The largest absolute Gasteiger partial charge is 0.336 e. The van der Waals surface area contributed by atoms with Gasteiger partial charge in [-0.3, -0.25) is 9.59 Å². The molecule has 0 unspecified atom stereocenters. The van der Waals surface area contributed by atoms with E-state index in [1.165, 1.54) is 17.7 Å². The summed E-state index contributed by atoms with van der Waals surface area (Å²) in [5, 5.41) is 2.89. The van der Waals surface area contributed by atoms with Gasteiger partial charge in [-0.2, -0.15) is 0 Å². The van der Waals surface area contributed by atoms with Crippen LogP contribution >= 0.6 is 11.8 Å². The van der Waals surface area contributed by atoms with Crippen molar-refractivity contribution in [3.63, 3.8) is 0 Å². The number of hydrogen-bond donors (Lipinski definition) is 1. The summed E-state index contributed by atoms with van der Waals surface area (Å²) in [5.74, 6) is 0.430. The van der Waals surface area contributed by atoms with Gasteiger partial charge in [0.05, 0.1) is 12.2 Å². The number of benzene rings is 1. The van der Waals surface area contributed by atoms with Crippen molar-refractivity contribution < 1.29 is 9.59 Å². The molecule has 1 aromatic carbocycles. The molecule has 1 aliphatic rings. The third-order valence-corrected chi connectivity index (χ3v) is 4.92. The van der Waals surface area contributed by atoms with Gasteiger partial charge in [0.15, 0.2) is 0 Å². The van der Waals surface area contributed by atoms with Gasteiger partial charge in [0.2, 0.25) is 11.8 Å². The number of likely N-dealkylation sites (N-methyl/N-ethyl adjacent to an activating group) is 1. The molecule has 120 valence electrons. The maximum atomic E-state index is 12.2. The number of amides is 2. The molecule has 5 heteroatoms. The number of nitrogens with zero attached hydrogens (tertiary/aromatic N) is 1. The topological polar surface area (TPSA) is 49.4 Å². The highest BCUT2D eigenvalue weighted by molar-refractivity contribution is 7.98. The van der Waals surface area contributed by atoms with Crippen LogP contribution in [0.2, 0.25) is 0 Å². The molecule has 2 amide bonds. The van der Waals surface area contributed by atoms with Crippen LogP contribution < -0.4 is 5.32 Å². The molecule has 0 spiro atoms. The molecule has 22 heavy (non-hydrogen) atoms. The van der Waals surface area contributed by atoms with Gasteiger partial charge in [0.25, 0.3) is 0 Å². The Kier molecular flexibility index (Phi) is 6.31. The van der Waals surface area contributed by atoms with Crippen molar-refractivity contribution in [3.05, 3.63) is 24.3 Å². The highest BCUT2D eigenvalue weighted by atomic mass is 32.2. The van der Waals surface area contributed by atoms with Crippen LogP contribution in [0.1, 0.15) is 32.1 Å². The van der Waals surface area contributed by atoms with Gasteiger partial charge in [0.1, 0.15) is 0 Å². The van der Waals surface area contributed by atoms with Gasteiger partial charge >= 0.3 is 0 Å². The first kappa shape index (κ1) is 16.9. The predicted molar refractivity (Wildman–Crippen MR) is 91.1 cm³/mol. The minimum absolute atomic E-state index is 0.0696. The third kappa shape index (κ3) is 4.77. The van der Waals surface area contributed by atoms with Gasteiger partial charge in [-0.15, -0.1) is 11.8 Å². The quantitative estimate of drug-likeness (QED) is 0.817. The van der Waals surface area contributed by atoms with Gasteiger partial charge in [-0.05, 0) is 37.1 Å². The minimum Gasteiger partial charge on any atom is -0.336 e. The highest BCUT2D eigenvalue weighted by Gasteiger charge is 2.21. The maximum absolute atomic E-state index is 12.2. The monoisotopic (exact) mass is 320 g/mol. The standard InChI is InChI=1S/C17H24N2O2S/c1-19(17(21)11-13-7-3-4-8-13)12-16(20)18-14-9-5-6-10-15(14)22-2/h5-6,9-10,13H,3-4,7-8,11-12H2,1-2H3,(H,18,20). The molecule has 1 saturated carbocycles. The number of hydrogen-bond acceptors (Lipinski definition) is 3. The number of nitrogens with one attached hydrogen (secondary N) is 1. The van der Waals surface area contributed by atoms with Crippen molar-refractivity contribution in [2.45, 2.75) is 37.0 Å². The average Bonchev–Trinajstić information content (AvgIpc) is 3.00. The van der Waals surface area contributed by atoms with E-state index in [1.54, 1.807) is 18.8 Å². The second-order valence-corrected chi connectivity index (χ2v) is 6.70. The number of carbonyl (C=O) groups excluding carboxylic acids is 2. The van der Waals surface area contributed by atoms with E-state index in [2.05, 4.69) is 5.32 Å². The van der Waals surface area contributed by atoms with Crippen LogP contribution in [-0.4, -0.2) is 36.6 Å². The van der Waals surface area contributed by atoms with Gasteiger partial charge in [-0.1, -0.05) is 25.0 Å². The Balaban J connectivity index is 1.84. The molecule has 0 aromatic heterocycles. The Hall–Kier alpha value is -1.49. The summed E-state index contributed by atoms with van der Waals surface area (Å²) >= 11 is 1.59. The van der Waals surface area contributed by atoms with Crippen molar-refractivity contribution in [1.82, 2.24) is 4.90 Å². The molecule has 0 atom stereocenters. The summed E-state index contributed by atoms with van der Waals surface area (Å²) < 4.78 is 0. The summed E-state index contributed by atoms with van der Waals surface area (Å²) in [6, 6.07) is 7.68. The number of anilines is 1. The zero-order valence-corrected chi connectivity index (χ0v) is 14.1. The molecule has 4 nitrogen and oxygen atoms in total. The molecular formula is C17H24N2O2S. The predicted octanol–water partition coefficient (Wildman–Crippen LogP) is 3.39. The van der Waals surface area contributed by atoms with Crippen LogP contribution in [0.5, 0.6) is 0 Å². The van der Waals surface area contributed by atoms with Crippen molar-refractivity contribution in [2.75, 3.05) is 25.2 Å². The van der Waals surface area contributed by atoms with E-state index in [0.29, 0.717) is 12.3 Å². The zero-order valence-electron chi connectivity index (χ0n) is 13.3. The molecule has 1 N–H and O–H groups in total. The zero-order chi connectivity index (χ0) is 15.9. The first-order valence-electron chi connectivity index (χ1n) is 7.77. The van der Waals surface area contributed by atoms with Gasteiger partial charge in [0, 0.05) is 18.4 Å². The first-order valence-corrected chi connectivity index (χ1v) is 8.99. The fourth-order valence-electron chi connectivity index (χ4n) is 2.86. The Morgan fingerprint density at radius 3 is 2.64 bits per heavy atom. The van der Waals surface area contributed by atoms with E-state index < -0.39 is 0 Å². The lowest BCUT2D eigenvalue weighted by molar-refractivity contribution is -0.134. The van der Waals surface area contributed by atoms with Crippen LogP contribution in [0.3, 0.4) is 0 Å². The number of thioether (sulfide) groups is 1. The second kappa shape index (κ2) is 8.22. The normalized spacial score (nSPS) is 14.8. The van der Waals surface area contributed by atoms with E-state index in [0.717, 1.165) is 23.4 Å². The maximum Gasteiger partial charge on any atom is 0.244 e. The van der Waals surface area contributed by atoms with Crippen LogP contribution in [0, 0.1) is 5.92 Å². The van der Waals surface area contributed by atoms with Crippen LogP contribution in [-0.2, 0) is 9.59 Å². The summed E-state index contributed by atoms with van der Waals surface area (Å²) in [5.41, 5.74) is 0.802. The Bertz CT molecular complexity index is 527. The Morgan fingerprint density at radius 1 is 1.27 bits per heavy atom. The minimum atomic E-state index is -0.149. The molecule has 0 saturated heterocycles. The Morgan fingerprint density at radius 2 is 1.95 bits per heavy atom. The smallest absolute Gasteiger partial charge is 0.244 e.